The van der Waals surface area contributed by atoms with Gasteiger partial charge in [0, 0.05) is 24.0 Å². The Labute approximate surface area is 169 Å². The van der Waals surface area contributed by atoms with E-state index in [-0.39, 0.29) is 18.7 Å². The van der Waals surface area contributed by atoms with Gasteiger partial charge < -0.3 is 10.4 Å². The third-order valence-corrected chi connectivity index (χ3v) is 4.93. The van der Waals surface area contributed by atoms with E-state index in [4.69, 9.17) is 0 Å². The molecule has 3 N–H and O–H groups in total. The van der Waals surface area contributed by atoms with Crippen molar-refractivity contribution in [1.29, 1.82) is 0 Å². The SMILES string of the molecule is O=C(O)N(CCNCc1nnn[nH]1)[C@@]1(Cc2ccccc2)C=CC(Br)=CC1=O. The normalized spacial score (nSPS) is 18.8. The number of aromatic amines is 1. The highest BCUT2D eigenvalue weighted by molar-refractivity contribution is 9.11. The van der Waals surface area contributed by atoms with E-state index in [1.807, 2.05) is 30.3 Å². The highest BCUT2D eigenvalue weighted by Gasteiger charge is 2.44. The van der Waals surface area contributed by atoms with Crippen LogP contribution in [-0.2, 0) is 17.8 Å². The minimum atomic E-state index is -1.31. The number of rotatable bonds is 8. The van der Waals surface area contributed by atoms with E-state index >= 15 is 0 Å². The van der Waals surface area contributed by atoms with Gasteiger partial charge in [0.25, 0.3) is 0 Å². The third kappa shape index (κ3) is 4.52. The second-order valence-corrected chi connectivity index (χ2v) is 7.19. The van der Waals surface area contributed by atoms with Crippen LogP contribution < -0.4 is 5.32 Å². The van der Waals surface area contributed by atoms with E-state index in [2.05, 4.69) is 41.9 Å². The number of allylic oxidation sites excluding steroid dienone is 2. The quantitative estimate of drug-likeness (QED) is 0.526. The fraction of sp³-hybridized carbons (Fsp3) is 0.278. The summed E-state index contributed by atoms with van der Waals surface area (Å²) in [5, 5.41) is 26.3. The second kappa shape index (κ2) is 8.89. The molecule has 1 aliphatic rings. The highest BCUT2D eigenvalue weighted by atomic mass is 79.9. The Hall–Kier alpha value is -2.85. The van der Waals surface area contributed by atoms with Crippen LogP contribution in [0.4, 0.5) is 4.79 Å². The van der Waals surface area contributed by atoms with Crippen molar-refractivity contribution >= 4 is 27.8 Å². The van der Waals surface area contributed by atoms with E-state index < -0.39 is 11.6 Å². The first-order valence-corrected chi connectivity index (χ1v) is 9.39. The van der Waals surface area contributed by atoms with Crippen LogP contribution in [0, 0.1) is 0 Å². The van der Waals surface area contributed by atoms with Crippen LogP contribution in [0.2, 0.25) is 0 Å². The van der Waals surface area contributed by atoms with E-state index in [1.54, 1.807) is 12.2 Å². The van der Waals surface area contributed by atoms with Crippen LogP contribution in [0.3, 0.4) is 0 Å². The van der Waals surface area contributed by atoms with Crippen LogP contribution in [0.5, 0.6) is 0 Å². The predicted molar refractivity (Wildman–Crippen MR) is 105 cm³/mol. The smallest absolute Gasteiger partial charge is 0.408 e. The number of carbonyl (C=O) groups excluding carboxylic acids is 1. The van der Waals surface area contributed by atoms with Crippen molar-refractivity contribution in [2.75, 3.05) is 13.1 Å². The number of benzene rings is 1. The summed E-state index contributed by atoms with van der Waals surface area (Å²) >= 11 is 3.29. The van der Waals surface area contributed by atoms with Crippen molar-refractivity contribution in [1.82, 2.24) is 30.8 Å². The van der Waals surface area contributed by atoms with E-state index in [1.165, 1.54) is 11.0 Å². The average Bonchev–Trinajstić information content (AvgIpc) is 3.18. The van der Waals surface area contributed by atoms with Gasteiger partial charge in [0.05, 0.1) is 6.54 Å². The summed E-state index contributed by atoms with van der Waals surface area (Å²) in [4.78, 5) is 26.2. The first kappa shape index (κ1) is 19.9. The number of amides is 1. The number of hydrogen-bond donors (Lipinski definition) is 3. The number of H-pyrrole nitrogens is 1. The third-order valence-electron chi connectivity index (χ3n) is 4.44. The van der Waals surface area contributed by atoms with Gasteiger partial charge in [-0.05, 0) is 34.2 Å². The van der Waals surface area contributed by atoms with Gasteiger partial charge in [-0.2, -0.15) is 0 Å². The van der Waals surface area contributed by atoms with Gasteiger partial charge in [-0.3, -0.25) is 9.69 Å². The van der Waals surface area contributed by atoms with Crippen molar-refractivity contribution in [3.63, 3.8) is 0 Å². The fourth-order valence-corrected chi connectivity index (χ4v) is 3.43. The van der Waals surface area contributed by atoms with Gasteiger partial charge in [-0.25, -0.2) is 9.89 Å². The summed E-state index contributed by atoms with van der Waals surface area (Å²) in [6.07, 6.45) is 3.88. The molecule has 10 heteroatoms. The number of hydrogen-bond acceptors (Lipinski definition) is 6. The Kier molecular flexibility index (Phi) is 6.32. The largest absolute Gasteiger partial charge is 0.465 e. The standard InChI is InChI=1S/C18H19BrN6O3/c19-14-6-7-18(15(26)10-14,11-13-4-2-1-3-5-13)25(17(27)28)9-8-20-12-16-21-23-24-22-16/h1-7,10,20H,8-9,11-12H2,(H,27,28)(H,21,22,23,24)/t18-/m1/s1. The van der Waals surface area contributed by atoms with Gasteiger partial charge in [-0.1, -0.05) is 46.3 Å². The summed E-state index contributed by atoms with van der Waals surface area (Å²) in [6, 6.07) is 9.37. The first-order chi connectivity index (χ1) is 13.5. The minimum Gasteiger partial charge on any atom is -0.465 e. The lowest BCUT2D eigenvalue weighted by molar-refractivity contribution is -0.123. The molecule has 1 aliphatic carbocycles. The zero-order valence-corrected chi connectivity index (χ0v) is 16.5. The maximum Gasteiger partial charge on any atom is 0.408 e. The van der Waals surface area contributed by atoms with Crippen molar-refractivity contribution in [2.24, 2.45) is 0 Å². The number of tetrazole rings is 1. The Morgan fingerprint density at radius 2 is 2.11 bits per heavy atom. The van der Waals surface area contributed by atoms with Gasteiger partial charge in [0.1, 0.15) is 5.54 Å². The Balaban J connectivity index is 1.80. The molecule has 0 fully saturated rings. The maximum absolute atomic E-state index is 13.0. The lowest BCUT2D eigenvalue weighted by Gasteiger charge is -2.40. The van der Waals surface area contributed by atoms with Crippen LogP contribution in [0.1, 0.15) is 11.4 Å². The lowest BCUT2D eigenvalue weighted by atomic mass is 9.82. The zero-order chi connectivity index (χ0) is 20.0. The van der Waals surface area contributed by atoms with Crippen molar-refractivity contribution in [3.05, 3.63) is 64.4 Å². The van der Waals surface area contributed by atoms with E-state index in [9.17, 15) is 14.7 Å². The number of aromatic nitrogens is 4. The molecule has 2 aromatic rings. The molecule has 146 valence electrons. The van der Waals surface area contributed by atoms with Gasteiger partial charge in [0.15, 0.2) is 11.6 Å². The summed E-state index contributed by atoms with van der Waals surface area (Å²) < 4.78 is 0.613. The molecular weight excluding hydrogens is 428 g/mol. The number of nitrogens with zero attached hydrogens (tertiary/aromatic N) is 4. The molecule has 0 bridgehead atoms. The molecule has 0 unspecified atom stereocenters. The average molecular weight is 447 g/mol. The molecule has 0 aliphatic heterocycles. The second-order valence-electron chi connectivity index (χ2n) is 6.27. The maximum atomic E-state index is 13.0. The Morgan fingerprint density at radius 1 is 1.32 bits per heavy atom. The number of ketones is 1. The van der Waals surface area contributed by atoms with Crippen molar-refractivity contribution < 1.29 is 14.7 Å². The molecule has 1 amide bonds. The number of halogens is 1. The molecule has 28 heavy (non-hydrogen) atoms. The first-order valence-electron chi connectivity index (χ1n) is 8.60. The molecular formula is C18H19BrN6O3. The molecule has 1 aromatic heterocycles. The fourth-order valence-electron chi connectivity index (χ4n) is 3.09. The van der Waals surface area contributed by atoms with Crippen LogP contribution in [0.15, 0.2) is 53.0 Å². The minimum absolute atomic E-state index is 0.116. The Bertz CT molecular complexity index is 884. The molecule has 1 heterocycles. The van der Waals surface area contributed by atoms with Crippen LogP contribution in [-0.4, -0.2) is 61.1 Å². The molecule has 0 spiro atoms. The zero-order valence-electron chi connectivity index (χ0n) is 14.9. The van der Waals surface area contributed by atoms with Gasteiger partial charge in [0.2, 0.25) is 0 Å². The topological polar surface area (TPSA) is 124 Å². The molecule has 0 saturated carbocycles. The van der Waals surface area contributed by atoms with Gasteiger partial charge in [-0.15, -0.1) is 5.10 Å². The van der Waals surface area contributed by atoms with Crippen LogP contribution >= 0.6 is 15.9 Å². The summed E-state index contributed by atoms with van der Waals surface area (Å²) in [7, 11) is 0. The summed E-state index contributed by atoms with van der Waals surface area (Å²) in [5.74, 6) is 0.258. The van der Waals surface area contributed by atoms with Gasteiger partial charge >= 0.3 is 6.09 Å². The molecule has 1 aromatic carbocycles. The molecule has 0 saturated heterocycles. The number of nitrogens with one attached hydrogen (secondary N) is 2. The van der Waals surface area contributed by atoms with Crippen molar-refractivity contribution in [2.45, 2.75) is 18.5 Å². The number of carboxylic acid groups (broad SMARTS) is 1. The molecule has 0 radical (unpaired) electrons. The summed E-state index contributed by atoms with van der Waals surface area (Å²) in [6.45, 7) is 0.808. The van der Waals surface area contributed by atoms with E-state index in [0.29, 0.717) is 23.4 Å². The Morgan fingerprint density at radius 3 is 2.75 bits per heavy atom. The molecule has 1 atom stereocenters. The molecule has 3 rings (SSSR count). The monoisotopic (exact) mass is 446 g/mol. The predicted octanol–water partition coefficient (Wildman–Crippen LogP) is 1.67. The number of carbonyl (C=O) groups is 2. The highest BCUT2D eigenvalue weighted by Crippen LogP contribution is 2.30. The lowest BCUT2D eigenvalue weighted by Crippen LogP contribution is -2.58. The van der Waals surface area contributed by atoms with E-state index in [0.717, 1.165) is 5.56 Å². The summed E-state index contributed by atoms with van der Waals surface area (Å²) in [5.41, 5.74) is -0.432. The van der Waals surface area contributed by atoms with Crippen molar-refractivity contribution in [3.8, 4) is 0 Å². The van der Waals surface area contributed by atoms with Crippen LogP contribution in [0.25, 0.3) is 0 Å². The molecule has 9 nitrogen and oxygen atoms in total.